The molecule has 1 spiro atoms. The van der Waals surface area contributed by atoms with Crippen molar-refractivity contribution in [3.05, 3.63) is 262 Å². The van der Waals surface area contributed by atoms with E-state index in [4.69, 9.17) is 0 Å². The summed E-state index contributed by atoms with van der Waals surface area (Å²) in [4.78, 5) is 5.15. The van der Waals surface area contributed by atoms with Gasteiger partial charge in [0.15, 0.2) is 0 Å². The lowest BCUT2D eigenvalue weighted by Gasteiger charge is -2.40. The normalized spacial score (nSPS) is 20.4. The summed E-state index contributed by atoms with van der Waals surface area (Å²) in [6, 6.07) is 75.7. The van der Waals surface area contributed by atoms with Gasteiger partial charge >= 0.3 is 0 Å². The number of halogens is 1. The summed E-state index contributed by atoms with van der Waals surface area (Å²) in [7, 11) is 0. The summed E-state index contributed by atoms with van der Waals surface area (Å²) in [6.45, 7) is 4.78. The Balaban J connectivity index is 1.02. The highest BCUT2D eigenvalue weighted by Crippen LogP contribution is 2.69. The van der Waals surface area contributed by atoms with Crippen molar-refractivity contribution in [2.45, 2.75) is 56.3 Å². The minimum atomic E-state index is -0.213. The first kappa shape index (κ1) is 39.7. The van der Waals surface area contributed by atoms with Gasteiger partial charge in [0.05, 0.1) is 11.4 Å². The average Bonchev–Trinajstić information content (AvgIpc) is 4.14. The summed E-state index contributed by atoms with van der Waals surface area (Å²) < 4.78 is 14.6. The second-order valence-electron chi connectivity index (χ2n) is 20.5. The van der Waals surface area contributed by atoms with Crippen LogP contribution in [-0.2, 0) is 23.7 Å². The van der Waals surface area contributed by atoms with Crippen LogP contribution in [0, 0.1) is 17.7 Å². The number of hydrogen-bond donors (Lipinski definition) is 0. The molecule has 0 aromatic heterocycles. The van der Waals surface area contributed by atoms with Gasteiger partial charge in [0.25, 0.3) is 0 Å². The fourth-order valence-corrected chi connectivity index (χ4v) is 14.2. The fraction of sp³-hybridized carbons (Fsp3) is 0.169. The van der Waals surface area contributed by atoms with Crippen LogP contribution in [0.25, 0.3) is 22.3 Å². The maximum atomic E-state index is 14.6. The molecule has 68 heavy (non-hydrogen) atoms. The van der Waals surface area contributed by atoms with Gasteiger partial charge in [0.2, 0.25) is 0 Å². The van der Waals surface area contributed by atoms with Crippen LogP contribution >= 0.6 is 0 Å². The van der Waals surface area contributed by atoms with Gasteiger partial charge in [-0.05, 0) is 183 Å². The Morgan fingerprint density at radius 3 is 1.59 bits per heavy atom. The lowest BCUT2D eigenvalue weighted by molar-refractivity contribution is 0.350. The molecule has 4 unspecified atom stereocenters. The van der Waals surface area contributed by atoms with Crippen molar-refractivity contribution in [2.24, 2.45) is 11.8 Å². The largest absolute Gasteiger partial charge is 0.310 e. The molecular weight excluding hydrogens is 828 g/mol. The second-order valence-corrected chi connectivity index (χ2v) is 20.5. The monoisotopic (exact) mass is 878 g/mol. The molecule has 0 aliphatic heterocycles. The maximum Gasteiger partial charge on any atom is 0.123 e. The molecule has 9 aromatic carbocycles. The van der Waals surface area contributed by atoms with E-state index in [0.29, 0.717) is 11.8 Å². The first-order valence-electron chi connectivity index (χ1n) is 24.6. The van der Waals surface area contributed by atoms with Gasteiger partial charge in [-0.3, -0.25) is 0 Å². The van der Waals surface area contributed by atoms with Crippen molar-refractivity contribution in [1.82, 2.24) is 0 Å². The van der Waals surface area contributed by atoms with Crippen LogP contribution in [0.3, 0.4) is 0 Å². The molecule has 5 aliphatic carbocycles. The fourth-order valence-electron chi connectivity index (χ4n) is 14.2. The van der Waals surface area contributed by atoms with E-state index in [1.807, 2.05) is 12.1 Å². The summed E-state index contributed by atoms with van der Waals surface area (Å²) >= 11 is 0. The van der Waals surface area contributed by atoms with E-state index in [9.17, 15) is 4.39 Å². The van der Waals surface area contributed by atoms with Crippen LogP contribution in [0.2, 0.25) is 0 Å². The van der Waals surface area contributed by atoms with Crippen molar-refractivity contribution in [3.8, 4) is 22.3 Å². The summed E-state index contributed by atoms with van der Waals surface area (Å²) in [5, 5.41) is 0. The number of benzene rings is 9. The van der Waals surface area contributed by atoms with Crippen LogP contribution in [0.15, 0.2) is 206 Å². The second kappa shape index (κ2) is 14.8. The van der Waals surface area contributed by atoms with Crippen molar-refractivity contribution >= 4 is 34.1 Å². The van der Waals surface area contributed by atoms with E-state index in [2.05, 4.69) is 206 Å². The molecule has 0 amide bonds. The highest BCUT2D eigenvalue weighted by atomic mass is 19.1. The molecule has 4 atom stereocenters. The maximum absolute atomic E-state index is 14.6. The van der Waals surface area contributed by atoms with Crippen molar-refractivity contribution in [2.75, 3.05) is 9.80 Å². The predicted molar refractivity (Wildman–Crippen MR) is 277 cm³/mol. The molecule has 0 saturated heterocycles. The lowest BCUT2D eigenvalue weighted by Crippen LogP contribution is -2.34. The van der Waals surface area contributed by atoms with Crippen molar-refractivity contribution < 1.29 is 4.39 Å². The third kappa shape index (κ3) is 5.50. The molecule has 2 nitrogen and oxygen atoms in total. The van der Waals surface area contributed by atoms with Gasteiger partial charge in [0.1, 0.15) is 5.82 Å². The predicted octanol–water partition coefficient (Wildman–Crippen LogP) is 16.7. The van der Waals surface area contributed by atoms with E-state index in [1.165, 1.54) is 108 Å². The first-order valence-corrected chi connectivity index (χ1v) is 24.6. The third-order valence-corrected chi connectivity index (χ3v) is 16.9. The zero-order chi connectivity index (χ0) is 45.3. The Morgan fingerprint density at radius 1 is 0.426 bits per heavy atom. The Bertz CT molecular complexity index is 3430. The zero-order valence-electron chi connectivity index (χ0n) is 38.5. The first-order chi connectivity index (χ1) is 33.4. The van der Waals surface area contributed by atoms with Gasteiger partial charge in [-0.1, -0.05) is 147 Å². The van der Waals surface area contributed by atoms with E-state index in [0.717, 1.165) is 24.1 Å². The molecule has 0 bridgehead atoms. The lowest BCUT2D eigenvalue weighted by atomic mass is 9.68. The van der Waals surface area contributed by atoms with Gasteiger partial charge in [0, 0.05) is 39.5 Å². The minimum absolute atomic E-state index is 0.0213. The molecule has 0 radical (unpaired) electrons. The molecule has 14 rings (SSSR count). The van der Waals surface area contributed by atoms with Crippen molar-refractivity contribution in [1.29, 1.82) is 0 Å². The SMILES string of the molecule is CC1(C)c2ccccc2-c2ccc(N(c3ccc4c(c3)C(c3ccc(F)cc3)c3ccccc3-4)c3cccc4c3C35c6c(cccc6N(c6ccccc6)c6ccccc6)CC3CCC5C4)cc21. The summed E-state index contributed by atoms with van der Waals surface area (Å²) in [5.74, 6) is 0.723. The molecule has 0 heterocycles. The van der Waals surface area contributed by atoms with Gasteiger partial charge in [-0.15, -0.1) is 0 Å². The van der Waals surface area contributed by atoms with Crippen molar-refractivity contribution in [3.63, 3.8) is 0 Å². The minimum Gasteiger partial charge on any atom is -0.310 e. The number of hydrogen-bond acceptors (Lipinski definition) is 2. The molecular formula is C65H51FN2. The standard InChI is InChI=1S/C65H51FN2/c1-64(2)57-24-12-11-22-53(57)54-36-34-50(40-58(54)64)68(49-33-35-52-51-21-9-10-23-55(51)61(56(52)39-49)41-27-31-46(66)32-28-41)60-26-14-16-43-38-45-30-29-44-37-42-15-13-25-59(62(42)65(44,45)63(43)60)67(47-17-5-3-6-18-47)48-19-7-4-8-20-48/h3-28,31-36,39-40,44-45,61H,29-30,37-38H2,1-2H3. The Hall–Kier alpha value is -7.49. The third-order valence-electron chi connectivity index (χ3n) is 16.9. The number of fused-ring (bicyclic) bond motifs is 8. The topological polar surface area (TPSA) is 6.48 Å². The zero-order valence-corrected chi connectivity index (χ0v) is 38.5. The average molecular weight is 879 g/mol. The number of anilines is 6. The highest BCUT2D eigenvalue weighted by Gasteiger charge is 2.62. The molecule has 9 aromatic rings. The summed E-state index contributed by atoms with van der Waals surface area (Å²) in [6.07, 6.45) is 4.57. The van der Waals surface area contributed by atoms with E-state index >= 15 is 0 Å². The van der Waals surface area contributed by atoms with Crippen LogP contribution in [0.5, 0.6) is 0 Å². The smallest absolute Gasteiger partial charge is 0.123 e. The van der Waals surface area contributed by atoms with Gasteiger partial charge in [-0.2, -0.15) is 0 Å². The number of nitrogens with zero attached hydrogens (tertiary/aromatic N) is 2. The molecule has 5 aliphatic rings. The molecule has 1 saturated carbocycles. The van der Waals surface area contributed by atoms with E-state index in [-0.39, 0.29) is 22.6 Å². The van der Waals surface area contributed by atoms with Gasteiger partial charge in [-0.25, -0.2) is 4.39 Å². The molecule has 1 fully saturated rings. The van der Waals surface area contributed by atoms with Crippen LogP contribution in [0.4, 0.5) is 38.5 Å². The Morgan fingerprint density at radius 2 is 0.941 bits per heavy atom. The van der Waals surface area contributed by atoms with Gasteiger partial charge < -0.3 is 9.80 Å². The molecule has 328 valence electrons. The van der Waals surface area contributed by atoms with E-state index < -0.39 is 0 Å². The van der Waals surface area contributed by atoms with Crippen LogP contribution in [0.1, 0.15) is 82.7 Å². The molecule has 3 heteroatoms. The summed E-state index contributed by atoms with van der Waals surface area (Å²) in [5.41, 5.74) is 24.3. The number of para-hydroxylation sites is 2. The highest BCUT2D eigenvalue weighted by molar-refractivity contribution is 5.91. The van der Waals surface area contributed by atoms with E-state index in [1.54, 1.807) is 12.1 Å². The van der Waals surface area contributed by atoms with Crippen LogP contribution < -0.4 is 9.80 Å². The number of rotatable bonds is 7. The van der Waals surface area contributed by atoms with Crippen LogP contribution in [-0.4, -0.2) is 0 Å². The Labute approximate surface area is 399 Å². The Kier molecular flexibility index (Phi) is 8.60. The molecule has 0 N–H and O–H groups in total. The quantitative estimate of drug-likeness (QED) is 0.157.